The van der Waals surface area contributed by atoms with Crippen molar-refractivity contribution in [3.63, 3.8) is 0 Å². The Kier molecular flexibility index (Phi) is 9.14. The number of carbonyl (C=O) groups is 3. The maximum Gasteiger partial charge on any atom is 0.311 e. The fourth-order valence-electron chi connectivity index (χ4n) is 7.29. The second-order valence-corrected chi connectivity index (χ2v) is 13.8. The van der Waals surface area contributed by atoms with Gasteiger partial charge in [-0.15, -0.1) is 24.9 Å². The molecule has 5 atom stereocenters. The van der Waals surface area contributed by atoms with Crippen molar-refractivity contribution in [3.8, 4) is 0 Å². The van der Waals surface area contributed by atoms with Crippen molar-refractivity contribution in [2.24, 2.45) is 11.8 Å². The van der Waals surface area contributed by atoms with Crippen LogP contribution in [0.25, 0.3) is 10.8 Å². The van der Waals surface area contributed by atoms with E-state index in [-0.39, 0.29) is 24.4 Å². The quantitative estimate of drug-likeness (QED) is 0.177. The summed E-state index contributed by atoms with van der Waals surface area (Å²) < 4.78 is 4.58. The van der Waals surface area contributed by atoms with Crippen LogP contribution in [-0.4, -0.2) is 69.6 Å². The van der Waals surface area contributed by atoms with Crippen molar-refractivity contribution in [2.75, 3.05) is 31.2 Å². The molecule has 0 radical (unpaired) electrons. The molecule has 42 heavy (non-hydrogen) atoms. The van der Waals surface area contributed by atoms with Crippen LogP contribution in [0, 0.1) is 11.8 Å². The highest BCUT2D eigenvalue weighted by Gasteiger charge is 2.77. The number of nitrogens with zero attached hydrogens (tertiary/aromatic N) is 2. The monoisotopic (exact) mass is 590 g/mol. The second kappa shape index (κ2) is 12.6. The van der Waals surface area contributed by atoms with Crippen molar-refractivity contribution in [2.45, 2.75) is 67.4 Å². The van der Waals surface area contributed by atoms with Crippen LogP contribution in [0.3, 0.4) is 0 Å². The van der Waals surface area contributed by atoms with Gasteiger partial charge in [0.15, 0.2) is 0 Å². The molecule has 2 aromatic carbocycles. The summed E-state index contributed by atoms with van der Waals surface area (Å²) in [5.41, 5.74) is 0.750. The Morgan fingerprint density at radius 2 is 1.88 bits per heavy atom. The van der Waals surface area contributed by atoms with Gasteiger partial charge in [-0.05, 0) is 74.8 Å². The zero-order chi connectivity index (χ0) is 29.9. The Morgan fingerprint density at radius 3 is 2.62 bits per heavy atom. The van der Waals surface area contributed by atoms with Crippen molar-refractivity contribution < 1.29 is 24.2 Å². The largest absolute Gasteiger partial charge is 0.465 e. The predicted molar refractivity (Wildman–Crippen MR) is 168 cm³/mol. The molecular formula is C34H42N2O5S. The minimum Gasteiger partial charge on any atom is -0.465 e. The van der Waals surface area contributed by atoms with Gasteiger partial charge in [-0.1, -0.05) is 42.5 Å². The summed E-state index contributed by atoms with van der Waals surface area (Å²) in [5, 5.41) is 11.6. The van der Waals surface area contributed by atoms with Gasteiger partial charge < -0.3 is 19.6 Å². The Labute approximate surface area is 253 Å². The number of anilines is 1. The van der Waals surface area contributed by atoms with E-state index in [4.69, 9.17) is 4.74 Å². The smallest absolute Gasteiger partial charge is 0.311 e. The number of hydrogen-bond donors (Lipinski definition) is 1. The lowest BCUT2D eigenvalue weighted by molar-refractivity contribution is -0.155. The van der Waals surface area contributed by atoms with E-state index in [0.717, 1.165) is 42.1 Å². The number of rotatable bonds is 14. The third-order valence-corrected chi connectivity index (χ3v) is 11.2. The summed E-state index contributed by atoms with van der Waals surface area (Å²) >= 11 is 1.65. The van der Waals surface area contributed by atoms with Gasteiger partial charge in [0.1, 0.15) is 6.04 Å². The highest BCUT2D eigenvalue weighted by Crippen LogP contribution is 2.71. The lowest BCUT2D eigenvalue weighted by Crippen LogP contribution is -2.55. The first-order chi connectivity index (χ1) is 20.3. The van der Waals surface area contributed by atoms with E-state index >= 15 is 0 Å². The first kappa shape index (κ1) is 30.4. The predicted octanol–water partition coefficient (Wildman–Crippen LogP) is 5.51. The van der Waals surface area contributed by atoms with Crippen molar-refractivity contribution in [1.82, 2.24) is 4.90 Å². The topological polar surface area (TPSA) is 87.1 Å². The molecule has 3 saturated heterocycles. The maximum absolute atomic E-state index is 14.7. The number of fused-ring (bicyclic) bond motifs is 2. The fraction of sp³-hybridized carbons (Fsp3) is 0.500. The molecule has 3 aliphatic rings. The number of thioether (sulfide) groups is 1. The molecule has 2 bridgehead atoms. The minimum atomic E-state index is -0.725. The van der Waals surface area contributed by atoms with Crippen LogP contribution in [-0.2, 0) is 19.1 Å². The third-order valence-electron chi connectivity index (χ3n) is 9.24. The zero-order valence-corrected chi connectivity index (χ0v) is 25.3. The van der Waals surface area contributed by atoms with Crippen LogP contribution >= 0.6 is 11.8 Å². The molecule has 3 fully saturated rings. The summed E-state index contributed by atoms with van der Waals surface area (Å²) in [6.07, 6.45) is 8.59. The van der Waals surface area contributed by atoms with Crippen LogP contribution in [0.2, 0.25) is 0 Å². The Bertz CT molecular complexity index is 1360. The summed E-state index contributed by atoms with van der Waals surface area (Å²) in [5.74, 6) is -1.85. The number of aliphatic hydroxyl groups is 1. The molecule has 5 rings (SSSR count). The molecule has 0 saturated carbocycles. The highest BCUT2D eigenvalue weighted by atomic mass is 32.2. The van der Waals surface area contributed by atoms with Gasteiger partial charge in [0, 0.05) is 30.1 Å². The highest BCUT2D eigenvalue weighted by molar-refractivity contribution is 8.02. The molecule has 2 unspecified atom stereocenters. The van der Waals surface area contributed by atoms with Gasteiger partial charge in [-0.2, -0.15) is 0 Å². The molecule has 1 N–H and O–H groups in total. The van der Waals surface area contributed by atoms with Crippen LogP contribution in [0.1, 0.15) is 51.9 Å². The molecule has 8 heteroatoms. The van der Waals surface area contributed by atoms with Crippen LogP contribution in [0.5, 0.6) is 0 Å². The fourth-order valence-corrected chi connectivity index (χ4v) is 9.63. The van der Waals surface area contributed by atoms with Gasteiger partial charge in [-0.3, -0.25) is 14.4 Å². The van der Waals surface area contributed by atoms with Crippen molar-refractivity contribution in [1.29, 1.82) is 0 Å². The lowest BCUT2D eigenvalue weighted by Gasteiger charge is -2.37. The van der Waals surface area contributed by atoms with Crippen LogP contribution < -0.4 is 4.90 Å². The number of allylic oxidation sites excluding steroid dienone is 1. The van der Waals surface area contributed by atoms with Gasteiger partial charge in [-0.25, -0.2) is 0 Å². The standard InChI is InChI=1S/C34H42N2O5S/c1-4-6-7-12-22-41-32(40)28-27-30(38)36(20-10-11-21-37)29(34(27)18-17-33(28,3)42-34)31(39)35(19-5-2)26-16-15-24-13-8-9-14-25(24)23-26/h4-5,8-9,13-16,23,27-29,37H,1-2,6-7,10-12,17-22H2,3H3/t27-,28-,29?,33+,34?/m0/s1. The van der Waals surface area contributed by atoms with Gasteiger partial charge >= 0.3 is 5.97 Å². The minimum absolute atomic E-state index is 0.0164. The van der Waals surface area contributed by atoms with E-state index in [1.807, 2.05) is 48.5 Å². The Hall–Kier alpha value is -3.10. The van der Waals surface area contributed by atoms with E-state index in [0.29, 0.717) is 39.0 Å². The SMILES string of the molecule is C=CCCCCOC(=O)[C@@H]1[C@H]2C(=O)N(CCCCO)C(C(=O)N(CC=C)c3ccc4ccccc4c3)C23CC[C@@]1(C)S3. The number of esters is 1. The lowest BCUT2D eigenvalue weighted by atomic mass is 9.66. The normalized spacial score (nSPS) is 27.7. The van der Waals surface area contributed by atoms with Crippen molar-refractivity contribution in [3.05, 3.63) is 67.8 Å². The van der Waals surface area contributed by atoms with E-state index < -0.39 is 27.4 Å². The number of hydrogen-bond acceptors (Lipinski definition) is 6. The molecular weight excluding hydrogens is 548 g/mol. The Morgan fingerprint density at radius 1 is 1.10 bits per heavy atom. The molecule has 2 aromatic rings. The van der Waals surface area contributed by atoms with Crippen LogP contribution in [0.4, 0.5) is 5.69 Å². The third kappa shape index (κ3) is 5.28. The molecule has 2 amide bonds. The number of ether oxygens (including phenoxy) is 1. The summed E-state index contributed by atoms with van der Waals surface area (Å²) in [4.78, 5) is 46.1. The molecule has 3 heterocycles. The average Bonchev–Trinajstić information content (AvgIpc) is 3.56. The van der Waals surface area contributed by atoms with Crippen molar-refractivity contribution >= 4 is 46.0 Å². The number of unbranched alkanes of at least 4 members (excludes halogenated alkanes) is 3. The average molecular weight is 591 g/mol. The summed E-state index contributed by atoms with van der Waals surface area (Å²) in [6, 6.07) is 13.2. The van der Waals surface area contributed by atoms with Gasteiger partial charge in [0.05, 0.1) is 23.2 Å². The molecule has 224 valence electrons. The van der Waals surface area contributed by atoms with Gasteiger partial charge in [0.2, 0.25) is 5.91 Å². The second-order valence-electron chi connectivity index (χ2n) is 11.9. The summed E-state index contributed by atoms with van der Waals surface area (Å²) in [7, 11) is 0. The van der Waals surface area contributed by atoms with Crippen LogP contribution in [0.15, 0.2) is 67.8 Å². The molecule has 0 aliphatic carbocycles. The number of likely N-dealkylation sites (tertiary alicyclic amines) is 1. The maximum atomic E-state index is 14.7. The number of benzene rings is 2. The Balaban J connectivity index is 1.49. The first-order valence-electron chi connectivity index (χ1n) is 15.1. The summed E-state index contributed by atoms with van der Waals surface area (Å²) in [6.45, 7) is 10.7. The van der Waals surface area contributed by atoms with E-state index in [1.54, 1.807) is 27.6 Å². The van der Waals surface area contributed by atoms with E-state index in [1.165, 1.54) is 0 Å². The molecule has 3 aliphatic heterocycles. The van der Waals surface area contributed by atoms with E-state index in [9.17, 15) is 19.5 Å². The number of aliphatic hydroxyl groups excluding tert-OH is 1. The first-order valence-corrected chi connectivity index (χ1v) is 15.9. The zero-order valence-electron chi connectivity index (χ0n) is 24.5. The number of amides is 2. The molecule has 1 spiro atoms. The van der Waals surface area contributed by atoms with E-state index in [2.05, 4.69) is 20.1 Å². The van der Waals surface area contributed by atoms with Gasteiger partial charge in [0.25, 0.3) is 5.91 Å². The number of carbonyl (C=O) groups excluding carboxylic acids is 3. The molecule has 7 nitrogen and oxygen atoms in total. The molecule has 0 aromatic heterocycles.